The number of hydrogen-bond acceptors (Lipinski definition) is 3. The van der Waals surface area contributed by atoms with Gasteiger partial charge < -0.3 is 4.90 Å². The monoisotopic (exact) mass is 323 g/mol. The second-order valence-electron chi connectivity index (χ2n) is 6.92. The summed E-state index contributed by atoms with van der Waals surface area (Å²) < 4.78 is 0. The molecule has 1 aromatic heterocycles. The van der Waals surface area contributed by atoms with E-state index in [1.165, 1.54) is 0 Å². The molecule has 2 heterocycles. The molecule has 1 aromatic carbocycles. The van der Waals surface area contributed by atoms with Gasteiger partial charge in [0.05, 0.1) is 18.2 Å². The van der Waals surface area contributed by atoms with Gasteiger partial charge in [0.1, 0.15) is 5.82 Å². The molecule has 0 unspecified atom stereocenters. The zero-order chi connectivity index (χ0) is 17.1. The molecule has 0 radical (unpaired) electrons. The van der Waals surface area contributed by atoms with Gasteiger partial charge in [-0.05, 0) is 17.9 Å². The number of aromatic nitrogens is 2. The van der Waals surface area contributed by atoms with Crippen molar-refractivity contribution in [3.8, 4) is 0 Å². The Balaban J connectivity index is 1.75. The van der Waals surface area contributed by atoms with Crippen molar-refractivity contribution >= 4 is 5.91 Å². The molecule has 1 aliphatic heterocycles. The van der Waals surface area contributed by atoms with E-state index in [1.807, 2.05) is 41.4 Å². The number of carbonyl (C=O) groups excluding carboxylic acids is 1. The third-order valence-electron chi connectivity index (χ3n) is 4.52. The summed E-state index contributed by atoms with van der Waals surface area (Å²) in [5.74, 6) is 1.52. The Hall–Kier alpha value is -2.23. The average molecular weight is 323 g/mol. The zero-order valence-corrected chi connectivity index (χ0v) is 14.7. The summed E-state index contributed by atoms with van der Waals surface area (Å²) in [5.41, 5.74) is 3.18. The van der Waals surface area contributed by atoms with E-state index >= 15 is 0 Å². The van der Waals surface area contributed by atoms with Crippen LogP contribution in [0.3, 0.4) is 0 Å². The van der Waals surface area contributed by atoms with E-state index in [2.05, 4.69) is 30.7 Å². The summed E-state index contributed by atoms with van der Waals surface area (Å²) in [6, 6.07) is 10.0. The number of benzene rings is 1. The number of rotatable bonds is 5. The molecule has 0 saturated carbocycles. The number of amides is 1. The van der Waals surface area contributed by atoms with Crippen molar-refractivity contribution in [2.24, 2.45) is 5.92 Å². The van der Waals surface area contributed by atoms with E-state index in [9.17, 15) is 4.79 Å². The number of nitrogens with zero attached hydrogens (tertiary/aromatic N) is 3. The fraction of sp³-hybridized carbons (Fsp3) is 0.450. The van der Waals surface area contributed by atoms with Gasteiger partial charge in [-0.1, -0.05) is 51.1 Å². The van der Waals surface area contributed by atoms with E-state index < -0.39 is 0 Å². The molecular formula is C20H25N3O. The quantitative estimate of drug-likeness (QED) is 0.842. The molecule has 0 fully saturated rings. The Morgan fingerprint density at radius 3 is 2.62 bits per heavy atom. The first-order valence-electron chi connectivity index (χ1n) is 8.75. The molecule has 4 nitrogen and oxygen atoms in total. The van der Waals surface area contributed by atoms with Crippen LogP contribution in [0, 0.1) is 5.92 Å². The lowest BCUT2D eigenvalue weighted by atomic mass is 9.95. The highest BCUT2D eigenvalue weighted by Crippen LogP contribution is 2.28. The summed E-state index contributed by atoms with van der Waals surface area (Å²) >= 11 is 0. The molecule has 1 amide bonds. The molecule has 0 saturated heterocycles. The van der Waals surface area contributed by atoms with E-state index in [0.717, 1.165) is 35.5 Å². The van der Waals surface area contributed by atoms with Gasteiger partial charge in [0.25, 0.3) is 0 Å². The first-order chi connectivity index (χ1) is 11.6. The maximum atomic E-state index is 13.0. The summed E-state index contributed by atoms with van der Waals surface area (Å²) in [6.07, 6.45) is 3.58. The van der Waals surface area contributed by atoms with Crippen LogP contribution in [0.15, 0.2) is 36.5 Å². The Morgan fingerprint density at radius 1 is 1.21 bits per heavy atom. The molecule has 1 atom stereocenters. The van der Waals surface area contributed by atoms with E-state index in [-0.39, 0.29) is 11.8 Å². The fourth-order valence-electron chi connectivity index (χ4n) is 3.27. The first-order valence-corrected chi connectivity index (χ1v) is 8.75. The minimum Gasteiger partial charge on any atom is -0.332 e. The number of fused-ring (bicyclic) bond motifs is 1. The molecule has 0 spiro atoms. The molecule has 0 N–H and O–H groups in total. The van der Waals surface area contributed by atoms with Crippen molar-refractivity contribution in [1.29, 1.82) is 0 Å². The van der Waals surface area contributed by atoms with Crippen LogP contribution < -0.4 is 0 Å². The molecule has 4 heteroatoms. The van der Waals surface area contributed by atoms with Crippen LogP contribution in [-0.4, -0.2) is 20.8 Å². The molecule has 2 aromatic rings. The lowest BCUT2D eigenvalue weighted by Gasteiger charge is -2.22. The van der Waals surface area contributed by atoms with Crippen molar-refractivity contribution in [3.05, 3.63) is 59.2 Å². The van der Waals surface area contributed by atoms with Crippen LogP contribution in [0.25, 0.3) is 0 Å². The van der Waals surface area contributed by atoms with Gasteiger partial charge in [0.2, 0.25) is 5.91 Å². The third kappa shape index (κ3) is 3.48. The van der Waals surface area contributed by atoms with Crippen molar-refractivity contribution in [1.82, 2.24) is 14.9 Å². The smallest absolute Gasteiger partial charge is 0.230 e. The maximum Gasteiger partial charge on any atom is 0.230 e. The molecular weight excluding hydrogens is 298 g/mol. The Morgan fingerprint density at radius 2 is 1.96 bits per heavy atom. The van der Waals surface area contributed by atoms with Gasteiger partial charge in [-0.2, -0.15) is 0 Å². The Bertz CT molecular complexity index is 712. The minimum atomic E-state index is -0.0800. The summed E-state index contributed by atoms with van der Waals surface area (Å²) in [4.78, 5) is 24.0. The number of carbonyl (C=O) groups is 1. The highest BCUT2D eigenvalue weighted by Gasteiger charge is 2.30. The van der Waals surface area contributed by atoms with Crippen LogP contribution in [0.5, 0.6) is 0 Å². The van der Waals surface area contributed by atoms with Crippen molar-refractivity contribution in [2.75, 3.05) is 0 Å². The van der Waals surface area contributed by atoms with Gasteiger partial charge in [-0.3, -0.25) is 4.79 Å². The van der Waals surface area contributed by atoms with Crippen LogP contribution in [0.4, 0.5) is 0 Å². The van der Waals surface area contributed by atoms with E-state index in [4.69, 9.17) is 0 Å². The molecule has 0 aliphatic carbocycles. The largest absolute Gasteiger partial charge is 0.332 e. The molecule has 3 rings (SSSR count). The van der Waals surface area contributed by atoms with Gasteiger partial charge in [-0.25, -0.2) is 9.97 Å². The summed E-state index contributed by atoms with van der Waals surface area (Å²) in [5, 5.41) is 0. The maximum absolute atomic E-state index is 13.0. The van der Waals surface area contributed by atoms with Crippen LogP contribution in [-0.2, 0) is 24.3 Å². The average Bonchev–Trinajstić information content (AvgIpc) is 2.99. The molecule has 1 aliphatic rings. The van der Waals surface area contributed by atoms with Gasteiger partial charge in [0, 0.05) is 24.7 Å². The number of hydrogen-bond donors (Lipinski definition) is 0. The Labute approximate surface area is 143 Å². The van der Waals surface area contributed by atoms with Gasteiger partial charge >= 0.3 is 0 Å². The van der Waals surface area contributed by atoms with Crippen molar-refractivity contribution in [3.63, 3.8) is 0 Å². The normalized spacial score (nSPS) is 14.8. The second-order valence-corrected chi connectivity index (χ2v) is 6.92. The lowest BCUT2D eigenvalue weighted by molar-refractivity contribution is -0.133. The fourth-order valence-corrected chi connectivity index (χ4v) is 3.27. The summed E-state index contributed by atoms with van der Waals surface area (Å²) in [7, 11) is 0. The van der Waals surface area contributed by atoms with E-state index in [1.54, 1.807) is 0 Å². The van der Waals surface area contributed by atoms with Crippen LogP contribution in [0.2, 0.25) is 0 Å². The molecule has 0 bridgehead atoms. The topological polar surface area (TPSA) is 46.1 Å². The van der Waals surface area contributed by atoms with Gasteiger partial charge in [-0.15, -0.1) is 0 Å². The predicted octanol–water partition coefficient (Wildman–Crippen LogP) is 3.71. The molecule has 24 heavy (non-hydrogen) atoms. The van der Waals surface area contributed by atoms with E-state index in [0.29, 0.717) is 19.0 Å². The molecule has 126 valence electrons. The minimum absolute atomic E-state index is 0.0800. The SMILES string of the molecule is CC[C@@H](C(=O)N1Cc2cnc(CC(C)C)nc2C1)c1ccccc1. The van der Waals surface area contributed by atoms with Gasteiger partial charge in [0.15, 0.2) is 0 Å². The second kappa shape index (κ2) is 7.12. The van der Waals surface area contributed by atoms with Crippen molar-refractivity contribution < 1.29 is 4.79 Å². The van der Waals surface area contributed by atoms with Crippen LogP contribution in [0.1, 0.15) is 55.8 Å². The van der Waals surface area contributed by atoms with Crippen molar-refractivity contribution in [2.45, 2.75) is 52.6 Å². The lowest BCUT2D eigenvalue weighted by Crippen LogP contribution is -2.30. The highest BCUT2D eigenvalue weighted by molar-refractivity contribution is 5.84. The summed E-state index contributed by atoms with van der Waals surface area (Å²) in [6.45, 7) is 7.63. The highest BCUT2D eigenvalue weighted by atomic mass is 16.2. The Kier molecular flexibility index (Phi) is 4.93. The zero-order valence-electron chi connectivity index (χ0n) is 14.7. The third-order valence-corrected chi connectivity index (χ3v) is 4.52. The standard InChI is InChI=1S/C20H25N3O/c1-4-17(15-8-6-5-7-9-15)20(24)23-12-16-11-21-19(10-14(2)3)22-18(16)13-23/h5-9,11,14,17H,4,10,12-13H2,1-3H3/t17-/m1/s1. The predicted molar refractivity (Wildman–Crippen MR) is 94.3 cm³/mol. The van der Waals surface area contributed by atoms with Crippen LogP contribution >= 0.6 is 0 Å². The first kappa shape index (κ1) is 16.6.